The predicted molar refractivity (Wildman–Crippen MR) is 60.1 cm³/mol. The van der Waals surface area contributed by atoms with Crippen LogP contribution in [0, 0.1) is 5.92 Å². The van der Waals surface area contributed by atoms with Gasteiger partial charge in [0.05, 0.1) is 11.2 Å². The number of alkyl halides is 1. The lowest BCUT2D eigenvalue weighted by atomic mass is 9.97. The fourth-order valence-electron chi connectivity index (χ4n) is 1.27. The van der Waals surface area contributed by atoms with E-state index in [2.05, 4.69) is 15.9 Å². The van der Waals surface area contributed by atoms with Gasteiger partial charge in [0, 0.05) is 13.1 Å². The molecule has 1 aliphatic rings. The van der Waals surface area contributed by atoms with Crippen LogP contribution < -0.4 is 0 Å². The fourth-order valence-corrected chi connectivity index (χ4v) is 1.72. The van der Waals surface area contributed by atoms with Crippen molar-refractivity contribution in [2.45, 2.75) is 26.4 Å². The van der Waals surface area contributed by atoms with Crippen molar-refractivity contribution in [3.05, 3.63) is 0 Å². The molecule has 0 aliphatic carbocycles. The van der Waals surface area contributed by atoms with Crippen LogP contribution in [0.25, 0.3) is 0 Å². The number of rotatable bonds is 2. The molecule has 1 fully saturated rings. The molecule has 1 heterocycles. The smallest absolute Gasteiger partial charge is 0.410 e. The second kappa shape index (κ2) is 4.51. The minimum Gasteiger partial charge on any atom is -0.444 e. The highest BCUT2D eigenvalue weighted by Gasteiger charge is 2.36. The first-order valence-corrected chi connectivity index (χ1v) is 6.02. The van der Waals surface area contributed by atoms with E-state index in [0.717, 1.165) is 0 Å². The van der Waals surface area contributed by atoms with Gasteiger partial charge in [0.25, 0.3) is 0 Å². The Morgan fingerprint density at radius 3 is 2.33 bits per heavy atom. The summed E-state index contributed by atoms with van der Waals surface area (Å²) in [4.78, 5) is 24.3. The number of halogens is 1. The summed E-state index contributed by atoms with van der Waals surface area (Å²) < 4.78 is 5.17. The molecule has 5 heteroatoms. The Hall–Kier alpha value is -0.580. The molecule has 1 saturated heterocycles. The Balaban J connectivity index is 2.33. The van der Waals surface area contributed by atoms with E-state index in [1.54, 1.807) is 4.90 Å². The first-order valence-electron chi connectivity index (χ1n) is 4.90. The van der Waals surface area contributed by atoms with Gasteiger partial charge >= 0.3 is 6.09 Å². The van der Waals surface area contributed by atoms with Crippen LogP contribution in [0.5, 0.6) is 0 Å². The van der Waals surface area contributed by atoms with Gasteiger partial charge < -0.3 is 9.64 Å². The molecule has 0 spiro atoms. The van der Waals surface area contributed by atoms with E-state index in [4.69, 9.17) is 4.74 Å². The van der Waals surface area contributed by atoms with E-state index in [9.17, 15) is 9.59 Å². The van der Waals surface area contributed by atoms with Gasteiger partial charge in [-0.25, -0.2) is 4.79 Å². The van der Waals surface area contributed by atoms with E-state index >= 15 is 0 Å². The number of hydrogen-bond acceptors (Lipinski definition) is 3. The topological polar surface area (TPSA) is 46.6 Å². The summed E-state index contributed by atoms with van der Waals surface area (Å²) in [5, 5.41) is 0.361. The molecule has 0 bridgehead atoms. The molecule has 1 aliphatic heterocycles. The maximum Gasteiger partial charge on any atom is 0.410 e. The Labute approximate surface area is 98.1 Å². The van der Waals surface area contributed by atoms with Crippen molar-refractivity contribution in [2.75, 3.05) is 18.4 Å². The van der Waals surface area contributed by atoms with Crippen LogP contribution in [-0.2, 0) is 9.53 Å². The van der Waals surface area contributed by atoms with Crippen molar-refractivity contribution in [2.24, 2.45) is 5.92 Å². The predicted octanol–water partition coefficient (Wildman–Crippen LogP) is 1.82. The van der Waals surface area contributed by atoms with Crippen LogP contribution in [-0.4, -0.2) is 40.8 Å². The second-order valence-electron chi connectivity index (χ2n) is 4.68. The maximum atomic E-state index is 11.5. The SMILES string of the molecule is CC(C)(C)OC(=O)N1CC(C(=O)CBr)C1. The summed E-state index contributed by atoms with van der Waals surface area (Å²) >= 11 is 3.11. The van der Waals surface area contributed by atoms with Crippen molar-refractivity contribution < 1.29 is 14.3 Å². The Morgan fingerprint density at radius 2 is 1.93 bits per heavy atom. The lowest BCUT2D eigenvalue weighted by Crippen LogP contribution is -2.54. The largest absolute Gasteiger partial charge is 0.444 e. The highest BCUT2D eigenvalue weighted by atomic mass is 79.9. The molecule has 1 amide bonds. The molecule has 0 aromatic heterocycles. The zero-order chi connectivity index (χ0) is 11.6. The molecule has 0 unspecified atom stereocenters. The van der Waals surface area contributed by atoms with Crippen molar-refractivity contribution in [1.82, 2.24) is 4.90 Å². The van der Waals surface area contributed by atoms with Gasteiger partial charge in [0.15, 0.2) is 0 Å². The van der Waals surface area contributed by atoms with Crippen molar-refractivity contribution in [3.8, 4) is 0 Å². The van der Waals surface area contributed by atoms with Gasteiger partial charge in [-0.1, -0.05) is 15.9 Å². The number of nitrogens with zero attached hydrogens (tertiary/aromatic N) is 1. The van der Waals surface area contributed by atoms with Crippen LogP contribution in [0.2, 0.25) is 0 Å². The van der Waals surface area contributed by atoms with E-state index in [-0.39, 0.29) is 17.8 Å². The molecule has 0 aromatic rings. The summed E-state index contributed by atoms with van der Waals surface area (Å²) in [6, 6.07) is 0. The molecule has 15 heavy (non-hydrogen) atoms. The summed E-state index contributed by atoms with van der Waals surface area (Å²) in [5.41, 5.74) is -0.471. The molecule has 4 nitrogen and oxygen atoms in total. The molecular formula is C10H16BrNO3. The Morgan fingerprint density at radius 1 is 1.40 bits per heavy atom. The molecule has 0 N–H and O–H groups in total. The third-order valence-electron chi connectivity index (χ3n) is 2.12. The van der Waals surface area contributed by atoms with Gasteiger partial charge in [0.1, 0.15) is 11.4 Å². The van der Waals surface area contributed by atoms with Gasteiger partial charge in [0.2, 0.25) is 0 Å². The number of amides is 1. The lowest BCUT2D eigenvalue weighted by molar-refractivity contribution is -0.124. The molecule has 1 rings (SSSR count). The molecule has 0 atom stereocenters. The molecule has 0 aromatic carbocycles. The van der Waals surface area contributed by atoms with E-state index in [1.165, 1.54) is 0 Å². The summed E-state index contributed by atoms with van der Waals surface area (Å²) in [7, 11) is 0. The monoisotopic (exact) mass is 277 g/mol. The third-order valence-corrected chi connectivity index (χ3v) is 2.67. The minimum atomic E-state index is -0.471. The highest BCUT2D eigenvalue weighted by molar-refractivity contribution is 9.09. The van der Waals surface area contributed by atoms with Gasteiger partial charge in [-0.2, -0.15) is 0 Å². The average Bonchev–Trinajstić information content (AvgIpc) is 1.97. The average molecular weight is 278 g/mol. The third kappa shape index (κ3) is 3.48. The van der Waals surface area contributed by atoms with Crippen LogP contribution in [0.15, 0.2) is 0 Å². The number of ketones is 1. The van der Waals surface area contributed by atoms with Crippen LogP contribution in [0.3, 0.4) is 0 Å². The van der Waals surface area contributed by atoms with Crippen molar-refractivity contribution in [3.63, 3.8) is 0 Å². The second-order valence-corrected chi connectivity index (χ2v) is 5.24. The highest BCUT2D eigenvalue weighted by Crippen LogP contribution is 2.20. The number of Topliss-reactive ketones (excluding diaryl/α,β-unsaturated/α-hetero) is 1. The molecular weight excluding hydrogens is 262 g/mol. The van der Waals surface area contributed by atoms with Gasteiger partial charge in [-0.15, -0.1) is 0 Å². The van der Waals surface area contributed by atoms with Crippen LogP contribution in [0.1, 0.15) is 20.8 Å². The normalized spacial score (nSPS) is 17.2. The minimum absolute atomic E-state index is 0.0168. The summed E-state index contributed by atoms with van der Waals surface area (Å²) in [5.74, 6) is 0.131. The zero-order valence-corrected chi connectivity index (χ0v) is 10.8. The summed E-state index contributed by atoms with van der Waals surface area (Å²) in [6.07, 6.45) is -0.332. The lowest BCUT2D eigenvalue weighted by Gasteiger charge is -2.38. The van der Waals surface area contributed by atoms with Crippen LogP contribution in [0.4, 0.5) is 4.79 Å². The van der Waals surface area contributed by atoms with Crippen LogP contribution >= 0.6 is 15.9 Å². The number of ether oxygens (including phenoxy) is 1. The first kappa shape index (κ1) is 12.5. The van der Waals surface area contributed by atoms with Gasteiger partial charge in [-0.3, -0.25) is 4.79 Å². The zero-order valence-electron chi connectivity index (χ0n) is 9.25. The van der Waals surface area contributed by atoms with E-state index < -0.39 is 5.60 Å². The number of likely N-dealkylation sites (tertiary alicyclic amines) is 1. The molecule has 86 valence electrons. The Bertz CT molecular complexity index is 266. The molecule has 0 radical (unpaired) electrons. The summed E-state index contributed by atoms with van der Waals surface area (Å²) in [6.45, 7) is 6.45. The van der Waals surface area contributed by atoms with E-state index in [0.29, 0.717) is 18.4 Å². The quantitative estimate of drug-likeness (QED) is 0.724. The molecule has 0 saturated carbocycles. The first-order chi connectivity index (χ1) is 6.83. The standard InChI is InChI=1S/C10H16BrNO3/c1-10(2,3)15-9(14)12-5-7(6-12)8(13)4-11/h7H,4-6H2,1-3H3. The van der Waals surface area contributed by atoms with Gasteiger partial charge in [-0.05, 0) is 20.8 Å². The maximum absolute atomic E-state index is 11.5. The number of carbonyl (C=O) groups excluding carboxylic acids is 2. The van der Waals surface area contributed by atoms with E-state index in [1.807, 2.05) is 20.8 Å². The number of hydrogen-bond donors (Lipinski definition) is 0. The Kier molecular flexibility index (Phi) is 3.76. The van der Waals surface area contributed by atoms with Crippen molar-refractivity contribution >= 4 is 27.8 Å². The van der Waals surface area contributed by atoms with Crippen molar-refractivity contribution in [1.29, 1.82) is 0 Å². The fraction of sp³-hybridized carbons (Fsp3) is 0.800. The number of carbonyl (C=O) groups is 2.